The highest BCUT2D eigenvalue weighted by Gasteiger charge is 2.18. The Labute approximate surface area is 116 Å². The number of methoxy groups -OCH3 is 1. The monoisotopic (exact) mass is 273 g/mol. The molecule has 1 aromatic carbocycles. The number of carbonyl (C=O) groups excluding carboxylic acids is 2. The largest absolute Gasteiger partial charge is 0.466 e. The van der Waals surface area contributed by atoms with E-state index in [0.717, 1.165) is 16.5 Å². The molecule has 1 aromatic heterocycles. The molecule has 0 saturated heterocycles. The van der Waals surface area contributed by atoms with Crippen molar-refractivity contribution in [2.45, 2.75) is 13.8 Å². The van der Waals surface area contributed by atoms with Gasteiger partial charge < -0.3 is 9.47 Å². The number of ether oxygens (including phenoxy) is 2. The van der Waals surface area contributed by atoms with Crippen LogP contribution in [0, 0.1) is 13.8 Å². The summed E-state index contributed by atoms with van der Waals surface area (Å²) >= 11 is 0. The molecule has 0 spiro atoms. The summed E-state index contributed by atoms with van der Waals surface area (Å²) < 4.78 is 9.37. The summed E-state index contributed by atoms with van der Waals surface area (Å²) in [5, 5.41) is 0.892. The zero-order chi connectivity index (χ0) is 14.7. The van der Waals surface area contributed by atoms with E-state index in [1.165, 1.54) is 7.11 Å². The molecule has 0 amide bonds. The molecule has 0 fully saturated rings. The lowest BCUT2D eigenvalue weighted by Gasteiger charge is -2.11. The molecular formula is C15H15NO4. The second kappa shape index (κ2) is 5.69. The molecule has 0 saturated carbocycles. The molecule has 0 radical (unpaired) electrons. The van der Waals surface area contributed by atoms with Crippen molar-refractivity contribution in [3.63, 3.8) is 0 Å². The van der Waals surface area contributed by atoms with Gasteiger partial charge in [-0.2, -0.15) is 0 Å². The van der Waals surface area contributed by atoms with Crippen molar-refractivity contribution in [3.8, 4) is 0 Å². The van der Waals surface area contributed by atoms with E-state index in [-0.39, 0.29) is 0 Å². The molecule has 0 unspecified atom stereocenters. The number of hydrogen-bond acceptors (Lipinski definition) is 5. The van der Waals surface area contributed by atoms with Gasteiger partial charge in [0, 0.05) is 5.39 Å². The van der Waals surface area contributed by atoms with Crippen LogP contribution >= 0.6 is 0 Å². The first kappa shape index (κ1) is 14.0. The Hall–Kier alpha value is -2.43. The van der Waals surface area contributed by atoms with Crippen molar-refractivity contribution in [1.82, 2.24) is 4.98 Å². The minimum atomic E-state index is -0.595. The standard InChI is InChI=1S/C15H15NO4/c1-9-11-6-4-5-7-12(11)16-10(2)14(9)15(18)20-8-13(17)19-3/h4-7H,8H2,1-3H3. The molecule has 104 valence electrons. The highest BCUT2D eigenvalue weighted by Crippen LogP contribution is 2.23. The molecule has 5 heteroatoms. The van der Waals surface area contributed by atoms with Gasteiger partial charge in [0.15, 0.2) is 6.61 Å². The zero-order valence-corrected chi connectivity index (χ0v) is 11.6. The van der Waals surface area contributed by atoms with Crippen LogP contribution in [0.5, 0.6) is 0 Å². The molecule has 1 heterocycles. The number of benzene rings is 1. The first-order valence-corrected chi connectivity index (χ1v) is 6.14. The number of rotatable bonds is 3. The third kappa shape index (κ3) is 2.61. The van der Waals surface area contributed by atoms with Crippen molar-refractivity contribution in [1.29, 1.82) is 0 Å². The minimum Gasteiger partial charge on any atom is -0.466 e. The number of aryl methyl sites for hydroxylation is 2. The van der Waals surface area contributed by atoms with E-state index in [0.29, 0.717) is 11.3 Å². The first-order valence-electron chi connectivity index (χ1n) is 6.14. The van der Waals surface area contributed by atoms with Crippen molar-refractivity contribution >= 4 is 22.8 Å². The van der Waals surface area contributed by atoms with Crippen molar-refractivity contribution < 1.29 is 19.1 Å². The van der Waals surface area contributed by atoms with E-state index >= 15 is 0 Å². The van der Waals surface area contributed by atoms with E-state index in [1.54, 1.807) is 6.92 Å². The molecule has 0 atom stereocenters. The minimum absolute atomic E-state index is 0.396. The van der Waals surface area contributed by atoms with Gasteiger partial charge >= 0.3 is 11.9 Å². The third-order valence-electron chi connectivity index (χ3n) is 3.09. The molecular weight excluding hydrogens is 258 g/mol. The predicted molar refractivity (Wildman–Crippen MR) is 73.5 cm³/mol. The smallest absolute Gasteiger partial charge is 0.344 e. The van der Waals surface area contributed by atoms with Gasteiger partial charge in [0.1, 0.15) is 0 Å². The van der Waals surface area contributed by atoms with E-state index in [4.69, 9.17) is 4.74 Å². The lowest BCUT2D eigenvalue weighted by atomic mass is 10.0. The van der Waals surface area contributed by atoms with Crippen LogP contribution in [0.1, 0.15) is 21.6 Å². The topological polar surface area (TPSA) is 65.5 Å². The van der Waals surface area contributed by atoms with Crippen LogP contribution in [0.15, 0.2) is 24.3 Å². The fourth-order valence-corrected chi connectivity index (χ4v) is 2.09. The van der Waals surface area contributed by atoms with E-state index in [9.17, 15) is 9.59 Å². The summed E-state index contributed by atoms with van der Waals surface area (Å²) in [5.74, 6) is -1.16. The summed E-state index contributed by atoms with van der Waals surface area (Å²) in [6.45, 7) is 3.18. The predicted octanol–water partition coefficient (Wildman–Crippen LogP) is 2.18. The van der Waals surface area contributed by atoms with Gasteiger partial charge in [-0.25, -0.2) is 9.59 Å². The highest BCUT2D eigenvalue weighted by atomic mass is 16.6. The normalized spacial score (nSPS) is 10.3. The maximum Gasteiger partial charge on any atom is 0.344 e. The summed E-state index contributed by atoms with van der Waals surface area (Å²) in [7, 11) is 1.24. The van der Waals surface area contributed by atoms with E-state index in [1.807, 2.05) is 31.2 Å². The Balaban J connectivity index is 2.38. The van der Waals surface area contributed by atoms with Crippen LogP contribution in [-0.4, -0.2) is 30.6 Å². The first-order chi connectivity index (χ1) is 9.54. The number of carbonyl (C=O) groups is 2. The Morgan fingerprint density at radius 2 is 1.90 bits per heavy atom. The van der Waals surface area contributed by atoms with Gasteiger partial charge in [-0.3, -0.25) is 4.98 Å². The van der Waals surface area contributed by atoms with E-state index in [2.05, 4.69) is 9.72 Å². The number of esters is 2. The Morgan fingerprint density at radius 1 is 1.20 bits per heavy atom. The zero-order valence-electron chi connectivity index (χ0n) is 11.6. The van der Waals surface area contributed by atoms with Crippen LogP contribution < -0.4 is 0 Å². The fourth-order valence-electron chi connectivity index (χ4n) is 2.09. The third-order valence-corrected chi connectivity index (χ3v) is 3.09. The fraction of sp³-hybridized carbons (Fsp3) is 0.267. The van der Waals surface area contributed by atoms with Crippen LogP contribution in [0.2, 0.25) is 0 Å². The quantitative estimate of drug-likeness (QED) is 0.802. The summed E-state index contributed by atoms with van der Waals surface area (Å²) in [6, 6.07) is 7.56. The molecule has 20 heavy (non-hydrogen) atoms. The molecule has 2 rings (SSSR count). The average Bonchev–Trinajstić information content (AvgIpc) is 2.44. The van der Waals surface area contributed by atoms with Gasteiger partial charge in [0.25, 0.3) is 0 Å². The van der Waals surface area contributed by atoms with Gasteiger partial charge in [0.2, 0.25) is 0 Å². The number of pyridine rings is 1. The van der Waals surface area contributed by atoms with E-state index < -0.39 is 18.5 Å². The summed E-state index contributed by atoms with van der Waals surface area (Å²) in [4.78, 5) is 27.5. The SMILES string of the molecule is COC(=O)COC(=O)c1c(C)nc2ccccc2c1C. The summed E-state index contributed by atoms with van der Waals surface area (Å²) in [5.41, 5.74) is 2.60. The second-order valence-corrected chi connectivity index (χ2v) is 4.37. The molecule has 2 aromatic rings. The molecule has 0 aliphatic carbocycles. The van der Waals surface area contributed by atoms with Crippen LogP contribution in [0.25, 0.3) is 10.9 Å². The molecule has 0 aliphatic rings. The Bertz CT molecular complexity index is 679. The van der Waals surface area contributed by atoms with Crippen molar-refractivity contribution in [2.24, 2.45) is 0 Å². The molecule has 5 nitrogen and oxygen atoms in total. The molecule has 0 aliphatic heterocycles. The molecule has 0 bridgehead atoms. The van der Waals surface area contributed by atoms with Crippen molar-refractivity contribution in [2.75, 3.05) is 13.7 Å². The second-order valence-electron chi connectivity index (χ2n) is 4.37. The lowest BCUT2D eigenvalue weighted by molar-refractivity contribution is -0.144. The highest BCUT2D eigenvalue weighted by molar-refractivity contribution is 5.98. The van der Waals surface area contributed by atoms with Gasteiger partial charge in [-0.15, -0.1) is 0 Å². The number of fused-ring (bicyclic) bond motifs is 1. The van der Waals surface area contributed by atoms with Gasteiger partial charge in [0.05, 0.1) is 23.9 Å². The molecule has 0 N–H and O–H groups in total. The number of hydrogen-bond donors (Lipinski definition) is 0. The maximum atomic E-state index is 12.1. The Morgan fingerprint density at radius 3 is 2.60 bits per heavy atom. The van der Waals surface area contributed by atoms with Gasteiger partial charge in [-0.1, -0.05) is 18.2 Å². The van der Waals surface area contributed by atoms with Crippen LogP contribution in [0.3, 0.4) is 0 Å². The lowest BCUT2D eigenvalue weighted by Crippen LogP contribution is -2.17. The average molecular weight is 273 g/mol. The summed E-state index contributed by atoms with van der Waals surface area (Å²) in [6.07, 6.45) is 0. The number of aromatic nitrogens is 1. The Kier molecular flexibility index (Phi) is 3.98. The number of nitrogens with zero attached hydrogens (tertiary/aromatic N) is 1. The van der Waals surface area contributed by atoms with Crippen LogP contribution in [0.4, 0.5) is 0 Å². The maximum absolute atomic E-state index is 12.1. The number of para-hydroxylation sites is 1. The van der Waals surface area contributed by atoms with Crippen LogP contribution in [-0.2, 0) is 14.3 Å². The van der Waals surface area contributed by atoms with Gasteiger partial charge in [-0.05, 0) is 25.5 Å². The van der Waals surface area contributed by atoms with Crippen molar-refractivity contribution in [3.05, 3.63) is 41.1 Å².